The minimum Gasteiger partial charge on any atom is -0.378 e. The summed E-state index contributed by atoms with van der Waals surface area (Å²) in [5.41, 5.74) is 5.42. The molecule has 5 nitrogen and oxygen atoms in total. The van der Waals surface area contributed by atoms with Crippen LogP contribution in [0.2, 0.25) is 0 Å². The summed E-state index contributed by atoms with van der Waals surface area (Å²) in [5, 5.41) is 0. The van der Waals surface area contributed by atoms with Crippen LogP contribution in [0, 0.1) is 5.41 Å². The zero-order valence-electron chi connectivity index (χ0n) is 14.2. The van der Waals surface area contributed by atoms with Gasteiger partial charge in [-0.05, 0) is 20.8 Å². The third kappa shape index (κ3) is 2.71. The highest BCUT2D eigenvalue weighted by molar-refractivity contribution is 5.89. The fourth-order valence-corrected chi connectivity index (χ4v) is 3.52. The molecule has 1 aliphatic carbocycles. The quantitative estimate of drug-likeness (QED) is 0.843. The van der Waals surface area contributed by atoms with Crippen LogP contribution in [-0.4, -0.2) is 66.2 Å². The molecule has 1 heterocycles. The van der Waals surface area contributed by atoms with Gasteiger partial charge >= 0.3 is 0 Å². The number of nitrogens with zero attached hydrogens (tertiary/aromatic N) is 2. The highest BCUT2D eigenvalue weighted by atomic mass is 16.5. The second-order valence-electron chi connectivity index (χ2n) is 7.26. The third-order valence-corrected chi connectivity index (χ3v) is 5.54. The van der Waals surface area contributed by atoms with Gasteiger partial charge in [0.2, 0.25) is 5.91 Å². The first-order chi connectivity index (χ1) is 9.74. The molecule has 0 aromatic rings. The minimum atomic E-state index is -0.771. The fourth-order valence-electron chi connectivity index (χ4n) is 3.52. The number of nitrogens with two attached hydrogens (primary N) is 1. The molecule has 2 atom stereocenters. The second-order valence-corrected chi connectivity index (χ2v) is 7.26. The predicted octanol–water partition coefficient (Wildman–Crippen LogP) is 1.07. The number of piperazine rings is 1. The Labute approximate surface area is 128 Å². The molecule has 1 saturated carbocycles. The Hall–Kier alpha value is -0.650. The Morgan fingerprint density at radius 1 is 1.29 bits per heavy atom. The van der Waals surface area contributed by atoms with Crippen molar-refractivity contribution in [1.82, 2.24) is 9.80 Å². The lowest BCUT2D eigenvalue weighted by Gasteiger charge is -2.59. The van der Waals surface area contributed by atoms with E-state index in [1.165, 1.54) is 0 Å². The van der Waals surface area contributed by atoms with Crippen molar-refractivity contribution in [1.29, 1.82) is 0 Å². The molecule has 0 bridgehead atoms. The van der Waals surface area contributed by atoms with Crippen molar-refractivity contribution in [3.8, 4) is 0 Å². The molecule has 1 saturated heterocycles. The van der Waals surface area contributed by atoms with Gasteiger partial charge in [-0.3, -0.25) is 9.69 Å². The van der Waals surface area contributed by atoms with E-state index in [1.54, 1.807) is 0 Å². The largest absolute Gasteiger partial charge is 0.378 e. The summed E-state index contributed by atoms with van der Waals surface area (Å²) >= 11 is 0. The van der Waals surface area contributed by atoms with Gasteiger partial charge in [0.1, 0.15) is 5.54 Å². The Kier molecular flexibility index (Phi) is 4.66. The van der Waals surface area contributed by atoms with Crippen molar-refractivity contribution in [2.75, 3.05) is 32.8 Å². The number of ether oxygens (including phenoxy) is 1. The van der Waals surface area contributed by atoms with Gasteiger partial charge in [0.25, 0.3) is 0 Å². The summed E-state index contributed by atoms with van der Waals surface area (Å²) < 4.78 is 5.72. The monoisotopic (exact) mass is 297 g/mol. The first kappa shape index (κ1) is 16.7. The Balaban J connectivity index is 1.98. The average molecular weight is 297 g/mol. The molecule has 1 aliphatic heterocycles. The van der Waals surface area contributed by atoms with E-state index in [2.05, 4.69) is 32.6 Å². The van der Waals surface area contributed by atoms with Crippen LogP contribution in [0.1, 0.15) is 41.0 Å². The summed E-state index contributed by atoms with van der Waals surface area (Å²) in [6.45, 7) is 14.6. The van der Waals surface area contributed by atoms with Crippen molar-refractivity contribution >= 4 is 5.91 Å². The standard InChI is InChI=1S/C16H31N3O2/c1-6-21-13-11-16(17,15(13,4)5)14(20)19-9-7-18(8-10-19)12(2)3/h12-13H,6-11,17H2,1-5H3. The molecule has 0 radical (unpaired) electrons. The van der Waals surface area contributed by atoms with Crippen LogP contribution in [0.5, 0.6) is 0 Å². The number of hydrogen-bond acceptors (Lipinski definition) is 4. The van der Waals surface area contributed by atoms with E-state index >= 15 is 0 Å². The van der Waals surface area contributed by atoms with Crippen molar-refractivity contribution in [3.63, 3.8) is 0 Å². The van der Waals surface area contributed by atoms with E-state index in [-0.39, 0.29) is 17.4 Å². The summed E-state index contributed by atoms with van der Waals surface area (Å²) in [6.07, 6.45) is 0.727. The lowest BCUT2D eigenvalue weighted by atomic mass is 9.54. The van der Waals surface area contributed by atoms with Crippen molar-refractivity contribution < 1.29 is 9.53 Å². The van der Waals surface area contributed by atoms with E-state index in [9.17, 15) is 4.79 Å². The number of rotatable bonds is 4. The maximum atomic E-state index is 12.9. The van der Waals surface area contributed by atoms with Crippen LogP contribution < -0.4 is 5.73 Å². The predicted molar refractivity (Wildman–Crippen MR) is 84.0 cm³/mol. The molecule has 0 aromatic carbocycles. The van der Waals surface area contributed by atoms with Crippen LogP contribution >= 0.6 is 0 Å². The van der Waals surface area contributed by atoms with Crippen LogP contribution in [0.4, 0.5) is 0 Å². The van der Waals surface area contributed by atoms with E-state index in [0.717, 1.165) is 26.2 Å². The van der Waals surface area contributed by atoms with Crippen LogP contribution in [-0.2, 0) is 9.53 Å². The van der Waals surface area contributed by atoms with Crippen LogP contribution in [0.25, 0.3) is 0 Å². The fraction of sp³-hybridized carbons (Fsp3) is 0.938. The molecule has 0 aromatic heterocycles. The van der Waals surface area contributed by atoms with Gasteiger partial charge in [-0.15, -0.1) is 0 Å². The van der Waals surface area contributed by atoms with Crippen LogP contribution in [0.3, 0.4) is 0 Å². The molecule has 2 rings (SSSR count). The molecule has 0 spiro atoms. The van der Waals surface area contributed by atoms with Gasteiger partial charge < -0.3 is 15.4 Å². The van der Waals surface area contributed by atoms with E-state index in [0.29, 0.717) is 19.1 Å². The van der Waals surface area contributed by atoms with Gasteiger partial charge in [-0.2, -0.15) is 0 Å². The molecule has 122 valence electrons. The van der Waals surface area contributed by atoms with E-state index < -0.39 is 5.54 Å². The molecular formula is C16H31N3O2. The summed E-state index contributed by atoms with van der Waals surface area (Å²) in [6, 6.07) is 0.538. The maximum Gasteiger partial charge on any atom is 0.243 e. The van der Waals surface area contributed by atoms with Gasteiger partial charge in [0.05, 0.1) is 6.10 Å². The molecule has 21 heavy (non-hydrogen) atoms. The minimum absolute atomic E-state index is 0.0911. The lowest BCUT2D eigenvalue weighted by molar-refractivity contribution is -0.180. The maximum absolute atomic E-state index is 12.9. The highest BCUT2D eigenvalue weighted by Gasteiger charge is 2.63. The Morgan fingerprint density at radius 2 is 1.86 bits per heavy atom. The zero-order chi connectivity index (χ0) is 15.8. The van der Waals surface area contributed by atoms with Gasteiger partial charge in [-0.25, -0.2) is 0 Å². The lowest BCUT2D eigenvalue weighted by Crippen LogP contribution is -2.76. The van der Waals surface area contributed by atoms with Gasteiger partial charge in [0.15, 0.2) is 0 Å². The highest BCUT2D eigenvalue weighted by Crippen LogP contribution is 2.50. The molecule has 1 amide bonds. The molecule has 2 N–H and O–H groups in total. The average Bonchev–Trinajstić information content (AvgIpc) is 2.46. The summed E-state index contributed by atoms with van der Waals surface area (Å²) in [5.74, 6) is 0.104. The first-order valence-corrected chi connectivity index (χ1v) is 8.18. The molecular weight excluding hydrogens is 266 g/mol. The van der Waals surface area contributed by atoms with E-state index in [4.69, 9.17) is 10.5 Å². The number of carbonyl (C=O) groups is 1. The van der Waals surface area contributed by atoms with Gasteiger partial charge in [0, 0.05) is 50.7 Å². The topological polar surface area (TPSA) is 58.8 Å². The third-order valence-electron chi connectivity index (χ3n) is 5.54. The Bertz CT molecular complexity index is 389. The number of amides is 1. The van der Waals surface area contributed by atoms with Crippen LogP contribution in [0.15, 0.2) is 0 Å². The van der Waals surface area contributed by atoms with Crippen molar-refractivity contribution in [3.05, 3.63) is 0 Å². The molecule has 2 unspecified atom stereocenters. The SMILES string of the molecule is CCOC1CC(N)(C(=O)N2CCN(C(C)C)CC2)C1(C)C. The first-order valence-electron chi connectivity index (χ1n) is 8.18. The number of carbonyl (C=O) groups excluding carboxylic acids is 1. The van der Waals surface area contributed by atoms with Crippen molar-refractivity contribution in [2.24, 2.45) is 11.1 Å². The summed E-state index contributed by atoms with van der Waals surface area (Å²) in [7, 11) is 0. The Morgan fingerprint density at radius 3 is 2.29 bits per heavy atom. The molecule has 2 fully saturated rings. The smallest absolute Gasteiger partial charge is 0.243 e. The zero-order valence-corrected chi connectivity index (χ0v) is 14.2. The van der Waals surface area contributed by atoms with E-state index in [1.807, 2.05) is 11.8 Å². The normalized spacial score (nSPS) is 33.1. The second kappa shape index (κ2) is 5.86. The molecule has 5 heteroatoms. The molecule has 2 aliphatic rings. The summed E-state index contributed by atoms with van der Waals surface area (Å²) in [4.78, 5) is 17.2. The van der Waals surface area contributed by atoms with Gasteiger partial charge in [-0.1, -0.05) is 13.8 Å². The number of hydrogen-bond donors (Lipinski definition) is 1. The van der Waals surface area contributed by atoms with Crippen molar-refractivity contribution in [2.45, 2.75) is 58.7 Å².